The molecule has 0 saturated carbocycles. The maximum atomic E-state index is 13.5. The molecular formula is C26H28N2O5S. The summed E-state index contributed by atoms with van der Waals surface area (Å²) in [6.07, 6.45) is -0.983. The Kier molecular flexibility index (Phi) is 6.52. The largest absolute Gasteiger partial charge is 0.491 e. The Morgan fingerprint density at radius 2 is 1.65 bits per heavy atom. The molecule has 3 aromatic carbocycles. The Labute approximate surface area is 200 Å². The number of benzene rings is 3. The minimum absolute atomic E-state index is 0.0428. The molecule has 0 saturated heterocycles. The van der Waals surface area contributed by atoms with Crippen LogP contribution in [0, 0.1) is 13.8 Å². The second kappa shape index (κ2) is 9.38. The van der Waals surface area contributed by atoms with Crippen LogP contribution in [0.15, 0.2) is 71.6 Å². The van der Waals surface area contributed by atoms with Gasteiger partial charge < -0.3 is 14.8 Å². The lowest BCUT2D eigenvalue weighted by molar-refractivity contribution is -0.122. The number of rotatable bonds is 6. The summed E-state index contributed by atoms with van der Waals surface area (Å²) in [5.74, 6) is 0.600. The Bertz CT molecular complexity index is 1290. The number of hydrogen-bond donors (Lipinski definition) is 1. The smallest absolute Gasteiger partial charge is 0.267 e. The predicted molar refractivity (Wildman–Crippen MR) is 132 cm³/mol. The first-order valence-electron chi connectivity index (χ1n) is 11.1. The predicted octanol–water partition coefficient (Wildman–Crippen LogP) is 4.69. The zero-order chi connectivity index (χ0) is 24.5. The fraction of sp³-hybridized carbons (Fsp3) is 0.269. The number of aryl methyl sites for hydroxylation is 2. The van der Waals surface area contributed by atoms with Crippen molar-refractivity contribution in [2.75, 3.05) is 16.2 Å². The molecule has 8 heteroatoms. The van der Waals surface area contributed by atoms with E-state index < -0.39 is 22.0 Å². The highest BCUT2D eigenvalue weighted by Crippen LogP contribution is 2.38. The Morgan fingerprint density at radius 1 is 1.00 bits per heavy atom. The van der Waals surface area contributed by atoms with Gasteiger partial charge in [0.1, 0.15) is 11.5 Å². The van der Waals surface area contributed by atoms with Crippen LogP contribution in [0.3, 0.4) is 0 Å². The van der Waals surface area contributed by atoms with E-state index in [9.17, 15) is 13.2 Å². The van der Waals surface area contributed by atoms with Crippen LogP contribution in [0.2, 0.25) is 0 Å². The summed E-state index contributed by atoms with van der Waals surface area (Å²) < 4.78 is 39.9. The van der Waals surface area contributed by atoms with Gasteiger partial charge in [0.05, 0.1) is 23.2 Å². The van der Waals surface area contributed by atoms with E-state index in [2.05, 4.69) is 5.32 Å². The van der Waals surface area contributed by atoms with Gasteiger partial charge in [-0.2, -0.15) is 0 Å². The number of carbonyl (C=O) groups excluding carboxylic acids is 1. The molecule has 7 nitrogen and oxygen atoms in total. The van der Waals surface area contributed by atoms with Crippen molar-refractivity contribution in [3.63, 3.8) is 0 Å². The normalized spacial score (nSPS) is 15.4. The molecule has 1 heterocycles. The fourth-order valence-corrected chi connectivity index (χ4v) is 5.14. The molecule has 0 unspecified atom stereocenters. The molecule has 3 aromatic rings. The maximum absolute atomic E-state index is 13.5. The molecule has 1 atom stereocenters. The van der Waals surface area contributed by atoms with Crippen LogP contribution in [0.5, 0.6) is 11.5 Å². The van der Waals surface area contributed by atoms with Crippen molar-refractivity contribution >= 4 is 27.3 Å². The van der Waals surface area contributed by atoms with E-state index >= 15 is 0 Å². The van der Waals surface area contributed by atoms with Crippen LogP contribution >= 0.6 is 0 Å². The highest BCUT2D eigenvalue weighted by Gasteiger charge is 2.37. The number of nitrogens with zero attached hydrogens (tertiary/aromatic N) is 1. The van der Waals surface area contributed by atoms with Crippen molar-refractivity contribution < 1.29 is 22.7 Å². The van der Waals surface area contributed by atoms with Crippen LogP contribution in [0.25, 0.3) is 0 Å². The monoisotopic (exact) mass is 480 g/mol. The topological polar surface area (TPSA) is 84.9 Å². The average Bonchev–Trinajstić information content (AvgIpc) is 2.79. The lowest BCUT2D eigenvalue weighted by atomic mass is 10.1. The van der Waals surface area contributed by atoms with Crippen molar-refractivity contribution in [3.05, 3.63) is 77.9 Å². The van der Waals surface area contributed by atoms with Gasteiger partial charge in [0, 0.05) is 5.69 Å². The molecule has 178 valence electrons. The van der Waals surface area contributed by atoms with E-state index in [0.717, 1.165) is 11.1 Å². The molecule has 0 bridgehead atoms. The summed E-state index contributed by atoms with van der Waals surface area (Å²) in [7, 11) is -3.91. The number of amides is 1. The van der Waals surface area contributed by atoms with E-state index in [4.69, 9.17) is 9.47 Å². The molecular weight excluding hydrogens is 452 g/mol. The average molecular weight is 481 g/mol. The molecule has 1 aliphatic rings. The lowest BCUT2D eigenvalue weighted by Crippen LogP contribution is -2.48. The van der Waals surface area contributed by atoms with Gasteiger partial charge in [0.25, 0.3) is 15.9 Å². The Balaban J connectivity index is 1.61. The number of fused-ring (bicyclic) bond motifs is 1. The summed E-state index contributed by atoms with van der Waals surface area (Å²) in [6, 6.07) is 18.9. The molecule has 0 spiro atoms. The molecule has 0 aliphatic carbocycles. The van der Waals surface area contributed by atoms with Crippen LogP contribution in [-0.4, -0.2) is 33.1 Å². The number of nitrogens with one attached hydrogen (secondary N) is 1. The van der Waals surface area contributed by atoms with Crippen LogP contribution < -0.4 is 19.1 Å². The van der Waals surface area contributed by atoms with E-state index in [1.54, 1.807) is 60.7 Å². The first kappa shape index (κ1) is 23.6. The summed E-state index contributed by atoms with van der Waals surface area (Å²) >= 11 is 0. The van der Waals surface area contributed by atoms with Crippen molar-refractivity contribution in [2.45, 2.75) is 44.8 Å². The molecule has 34 heavy (non-hydrogen) atoms. The first-order valence-corrected chi connectivity index (χ1v) is 12.5. The van der Waals surface area contributed by atoms with E-state index in [-0.39, 0.29) is 17.5 Å². The van der Waals surface area contributed by atoms with Crippen molar-refractivity contribution in [1.82, 2.24) is 0 Å². The number of carbonyl (C=O) groups is 1. The summed E-state index contributed by atoms with van der Waals surface area (Å²) in [5, 5.41) is 2.81. The molecule has 0 radical (unpaired) electrons. The molecule has 4 rings (SSSR count). The zero-order valence-corrected chi connectivity index (χ0v) is 20.4. The Morgan fingerprint density at radius 3 is 2.29 bits per heavy atom. The standard InChI is InChI=1S/C26H28N2O5S/c1-17(2)32-21-10-8-20(9-11-21)27-26(29)25-16-28(23-15-19(4)7-14-24(23)33-25)34(30,31)22-12-5-18(3)6-13-22/h5-15,17,25H,16H2,1-4H3,(H,27,29)/t25-/m0/s1. The quantitative estimate of drug-likeness (QED) is 0.554. The fourth-order valence-electron chi connectivity index (χ4n) is 3.67. The second-order valence-corrected chi connectivity index (χ2v) is 10.5. The van der Waals surface area contributed by atoms with Gasteiger partial charge in [-0.05, 0) is 81.8 Å². The number of hydrogen-bond acceptors (Lipinski definition) is 5. The summed E-state index contributed by atoms with van der Waals surface area (Å²) in [5.41, 5.74) is 2.82. The van der Waals surface area contributed by atoms with Crippen molar-refractivity contribution in [2.24, 2.45) is 0 Å². The van der Waals surface area contributed by atoms with Gasteiger partial charge in [0.2, 0.25) is 0 Å². The highest BCUT2D eigenvalue weighted by molar-refractivity contribution is 7.92. The Hall–Kier alpha value is -3.52. The molecule has 1 N–H and O–H groups in total. The first-order chi connectivity index (χ1) is 16.1. The SMILES string of the molecule is Cc1ccc(S(=O)(=O)N2C[C@@H](C(=O)Nc3ccc(OC(C)C)cc3)Oc3ccc(C)cc32)cc1. The van der Waals surface area contributed by atoms with Crippen LogP contribution in [-0.2, 0) is 14.8 Å². The third-order valence-corrected chi connectivity index (χ3v) is 7.17. The van der Waals surface area contributed by atoms with Crippen molar-refractivity contribution in [1.29, 1.82) is 0 Å². The highest BCUT2D eigenvalue weighted by atomic mass is 32.2. The van der Waals surface area contributed by atoms with E-state index in [1.807, 2.05) is 33.8 Å². The number of ether oxygens (including phenoxy) is 2. The lowest BCUT2D eigenvalue weighted by Gasteiger charge is -2.35. The molecule has 1 amide bonds. The van der Waals surface area contributed by atoms with E-state index in [1.165, 1.54) is 4.31 Å². The molecule has 0 aromatic heterocycles. The van der Waals surface area contributed by atoms with Gasteiger partial charge in [-0.15, -0.1) is 0 Å². The van der Waals surface area contributed by atoms with Crippen LogP contribution in [0.4, 0.5) is 11.4 Å². The molecule has 0 fully saturated rings. The second-order valence-electron chi connectivity index (χ2n) is 8.61. The van der Waals surface area contributed by atoms with E-state index in [0.29, 0.717) is 22.9 Å². The molecule has 1 aliphatic heterocycles. The van der Waals surface area contributed by atoms with Gasteiger partial charge in [-0.3, -0.25) is 9.10 Å². The van der Waals surface area contributed by atoms with Gasteiger partial charge >= 0.3 is 0 Å². The van der Waals surface area contributed by atoms with Gasteiger partial charge in [-0.1, -0.05) is 23.8 Å². The number of sulfonamides is 1. The van der Waals surface area contributed by atoms with Crippen molar-refractivity contribution in [3.8, 4) is 11.5 Å². The minimum Gasteiger partial charge on any atom is -0.491 e. The number of anilines is 2. The third kappa shape index (κ3) is 5.02. The zero-order valence-electron chi connectivity index (χ0n) is 19.6. The van der Waals surface area contributed by atoms with Crippen LogP contribution in [0.1, 0.15) is 25.0 Å². The summed E-state index contributed by atoms with van der Waals surface area (Å²) in [6.45, 7) is 7.50. The minimum atomic E-state index is -3.91. The maximum Gasteiger partial charge on any atom is 0.267 e. The van der Waals surface area contributed by atoms with Gasteiger partial charge in [0.15, 0.2) is 6.10 Å². The summed E-state index contributed by atoms with van der Waals surface area (Å²) in [4.78, 5) is 13.2. The third-order valence-electron chi connectivity index (χ3n) is 5.38. The van der Waals surface area contributed by atoms with Gasteiger partial charge in [-0.25, -0.2) is 8.42 Å².